The van der Waals surface area contributed by atoms with Gasteiger partial charge in [0, 0.05) is 63.1 Å². The van der Waals surface area contributed by atoms with Gasteiger partial charge in [-0.2, -0.15) is 0 Å². The second-order valence-electron chi connectivity index (χ2n) is 13.3. The number of para-hydroxylation sites is 1. The van der Waals surface area contributed by atoms with Gasteiger partial charge in [0.25, 0.3) is 17.7 Å². The van der Waals surface area contributed by atoms with Crippen molar-refractivity contribution in [3.8, 4) is 0 Å². The molecule has 0 saturated carbocycles. The summed E-state index contributed by atoms with van der Waals surface area (Å²) in [6.07, 6.45) is 18.1. The van der Waals surface area contributed by atoms with Crippen LogP contribution in [0.15, 0.2) is 85.3 Å². The summed E-state index contributed by atoms with van der Waals surface area (Å²) in [4.78, 5) is 43.6. The number of nitrogens with zero attached hydrogens (tertiary/aromatic N) is 3. The molecule has 11 nitrogen and oxygen atoms in total. The molecule has 0 aliphatic rings. The third-order valence-corrected chi connectivity index (χ3v) is 9.02. The SMILES string of the molecule is CCCCCCCCCNC(=N)CCNC(=O)c1cc(NC(=O)c2cc(NC(=O)c3ccc(/C=C/c4cnc5ccccc5c4)cc3)cn2C)cn1C. The van der Waals surface area contributed by atoms with Crippen LogP contribution in [-0.4, -0.2) is 50.8 Å². The Kier molecular flexibility index (Phi) is 13.7. The molecule has 5 rings (SSSR count). The van der Waals surface area contributed by atoms with Gasteiger partial charge in [-0.25, -0.2) is 0 Å². The van der Waals surface area contributed by atoms with Crippen LogP contribution in [0.1, 0.15) is 101 Å². The molecule has 0 aliphatic heterocycles. The Morgan fingerprint density at radius 1 is 0.698 bits per heavy atom. The summed E-state index contributed by atoms with van der Waals surface area (Å²) >= 11 is 0. The highest BCUT2D eigenvalue weighted by atomic mass is 16.2. The number of hydrogen-bond acceptors (Lipinski definition) is 5. The van der Waals surface area contributed by atoms with E-state index < -0.39 is 0 Å². The van der Waals surface area contributed by atoms with Crippen LogP contribution < -0.4 is 21.3 Å². The van der Waals surface area contributed by atoms with Crippen LogP contribution in [0.5, 0.6) is 0 Å². The summed E-state index contributed by atoms with van der Waals surface area (Å²) in [6, 6.07) is 20.5. The Balaban J connectivity index is 1.06. The lowest BCUT2D eigenvalue weighted by Crippen LogP contribution is -2.31. The fourth-order valence-electron chi connectivity index (χ4n) is 6.03. The quantitative estimate of drug-likeness (QED) is 0.0355. The van der Waals surface area contributed by atoms with Gasteiger partial charge in [-0.05, 0) is 53.9 Å². The zero-order valence-electron chi connectivity index (χ0n) is 30.9. The first-order valence-electron chi connectivity index (χ1n) is 18.4. The number of hydrogen-bond donors (Lipinski definition) is 5. The van der Waals surface area contributed by atoms with Crippen LogP contribution in [0.4, 0.5) is 11.4 Å². The smallest absolute Gasteiger partial charge is 0.272 e. The van der Waals surface area contributed by atoms with Crippen molar-refractivity contribution in [2.75, 3.05) is 23.7 Å². The number of anilines is 2. The summed E-state index contributed by atoms with van der Waals surface area (Å²) in [5, 5.41) is 20.9. The lowest BCUT2D eigenvalue weighted by atomic mass is 10.1. The van der Waals surface area contributed by atoms with E-state index in [1.165, 1.54) is 32.1 Å². The Labute approximate surface area is 311 Å². The van der Waals surface area contributed by atoms with Gasteiger partial charge < -0.3 is 30.4 Å². The van der Waals surface area contributed by atoms with E-state index in [1.807, 2.05) is 54.7 Å². The molecule has 276 valence electrons. The van der Waals surface area contributed by atoms with E-state index in [9.17, 15) is 14.4 Å². The summed E-state index contributed by atoms with van der Waals surface area (Å²) in [5.41, 5.74) is 5.02. The molecule has 5 N–H and O–H groups in total. The molecule has 3 aromatic heterocycles. The molecule has 0 aliphatic carbocycles. The number of amidine groups is 1. The number of pyridine rings is 1. The molecular formula is C42H50N8O3. The molecule has 0 fully saturated rings. The first kappa shape index (κ1) is 38.3. The second kappa shape index (κ2) is 19.0. The van der Waals surface area contributed by atoms with Crippen molar-refractivity contribution >= 4 is 58.0 Å². The number of rotatable bonds is 18. The van der Waals surface area contributed by atoms with Gasteiger partial charge in [0.2, 0.25) is 0 Å². The third kappa shape index (κ3) is 11.3. The Morgan fingerprint density at radius 3 is 2.04 bits per heavy atom. The molecule has 3 amide bonds. The summed E-state index contributed by atoms with van der Waals surface area (Å²) < 4.78 is 3.28. The minimum absolute atomic E-state index is 0.289. The molecule has 0 unspecified atom stereocenters. The topological polar surface area (TPSA) is 146 Å². The number of amides is 3. The van der Waals surface area contributed by atoms with Crippen molar-refractivity contribution < 1.29 is 14.4 Å². The molecule has 3 heterocycles. The molecule has 5 aromatic rings. The van der Waals surface area contributed by atoms with Gasteiger partial charge in [-0.3, -0.25) is 24.8 Å². The average molecular weight is 715 g/mol. The standard InChI is InChI=1S/C42H50N8O3/c1-4-5-6-7-8-9-12-22-44-39(43)21-23-45-41(52)37-25-35(29-49(37)2)48-42(53)38-26-34(28-50(38)3)47-40(51)32-19-17-30(18-20-32)15-16-31-24-33-13-10-11-14-36(33)46-27-31/h10-11,13-20,24-29H,4-9,12,21-23H2,1-3H3,(H2,43,44)(H,45,52)(H,47,51)(H,48,53)/b16-15+. The molecular weight excluding hydrogens is 665 g/mol. The Hall–Kier alpha value is -5.97. The molecule has 0 saturated heterocycles. The van der Waals surface area contributed by atoms with Crippen LogP contribution in [0.25, 0.3) is 23.1 Å². The van der Waals surface area contributed by atoms with Crippen LogP contribution in [0.2, 0.25) is 0 Å². The van der Waals surface area contributed by atoms with Crippen molar-refractivity contribution in [2.45, 2.75) is 58.3 Å². The predicted molar refractivity (Wildman–Crippen MR) is 215 cm³/mol. The maximum atomic E-state index is 13.2. The predicted octanol–water partition coefficient (Wildman–Crippen LogP) is 8.02. The molecule has 0 radical (unpaired) electrons. The first-order chi connectivity index (χ1) is 25.7. The Bertz CT molecular complexity index is 2060. The molecule has 11 heteroatoms. The van der Waals surface area contributed by atoms with Gasteiger partial charge in [-0.15, -0.1) is 0 Å². The third-order valence-electron chi connectivity index (χ3n) is 9.02. The summed E-state index contributed by atoms with van der Waals surface area (Å²) in [7, 11) is 3.46. The first-order valence-corrected chi connectivity index (χ1v) is 18.4. The number of aromatic nitrogens is 3. The minimum atomic E-state index is -0.385. The van der Waals surface area contributed by atoms with Gasteiger partial charge in [-0.1, -0.05) is 87.9 Å². The molecule has 0 bridgehead atoms. The highest BCUT2D eigenvalue weighted by Gasteiger charge is 2.17. The van der Waals surface area contributed by atoms with E-state index in [1.54, 1.807) is 59.9 Å². The van der Waals surface area contributed by atoms with Crippen molar-refractivity contribution in [1.82, 2.24) is 24.8 Å². The van der Waals surface area contributed by atoms with Crippen molar-refractivity contribution in [2.24, 2.45) is 14.1 Å². The monoisotopic (exact) mass is 714 g/mol. The number of carbonyl (C=O) groups is 3. The van der Waals surface area contributed by atoms with Crippen molar-refractivity contribution in [3.63, 3.8) is 0 Å². The van der Waals surface area contributed by atoms with E-state index in [4.69, 9.17) is 5.41 Å². The van der Waals surface area contributed by atoms with Gasteiger partial charge in [0.15, 0.2) is 0 Å². The zero-order chi connectivity index (χ0) is 37.6. The van der Waals surface area contributed by atoms with Gasteiger partial charge >= 0.3 is 0 Å². The van der Waals surface area contributed by atoms with E-state index in [0.29, 0.717) is 47.1 Å². The van der Waals surface area contributed by atoms with Crippen LogP contribution >= 0.6 is 0 Å². The van der Waals surface area contributed by atoms with Crippen molar-refractivity contribution in [1.29, 1.82) is 5.41 Å². The van der Waals surface area contributed by atoms with Crippen molar-refractivity contribution in [3.05, 3.63) is 113 Å². The average Bonchev–Trinajstić information content (AvgIpc) is 3.72. The number of aryl methyl sites for hydroxylation is 2. The lowest BCUT2D eigenvalue weighted by Gasteiger charge is -2.09. The maximum absolute atomic E-state index is 13.2. The van der Waals surface area contributed by atoms with E-state index in [0.717, 1.165) is 41.4 Å². The second-order valence-corrected chi connectivity index (χ2v) is 13.3. The number of unbranched alkanes of at least 4 members (excludes halogenated alkanes) is 6. The molecule has 53 heavy (non-hydrogen) atoms. The lowest BCUT2D eigenvalue weighted by molar-refractivity contribution is 0.0945. The van der Waals surface area contributed by atoms with Gasteiger partial charge in [0.05, 0.1) is 22.7 Å². The van der Waals surface area contributed by atoms with E-state index in [-0.39, 0.29) is 17.7 Å². The highest BCUT2D eigenvalue weighted by Crippen LogP contribution is 2.19. The molecule has 0 atom stereocenters. The Morgan fingerprint density at radius 2 is 1.32 bits per heavy atom. The van der Waals surface area contributed by atoms with E-state index in [2.05, 4.69) is 39.2 Å². The molecule has 2 aromatic carbocycles. The van der Waals surface area contributed by atoms with Crippen LogP contribution in [-0.2, 0) is 14.1 Å². The normalized spacial score (nSPS) is 11.2. The number of carbonyl (C=O) groups excluding carboxylic acids is 3. The number of fused-ring (bicyclic) bond motifs is 1. The van der Waals surface area contributed by atoms with Crippen LogP contribution in [0, 0.1) is 5.41 Å². The minimum Gasteiger partial charge on any atom is -0.374 e. The zero-order valence-corrected chi connectivity index (χ0v) is 30.9. The largest absolute Gasteiger partial charge is 0.374 e. The highest BCUT2D eigenvalue weighted by molar-refractivity contribution is 6.07. The van der Waals surface area contributed by atoms with E-state index >= 15 is 0 Å². The summed E-state index contributed by atoms with van der Waals surface area (Å²) in [6.45, 7) is 3.32. The number of benzene rings is 2. The summed E-state index contributed by atoms with van der Waals surface area (Å²) in [5.74, 6) is -0.562. The number of nitrogens with one attached hydrogen (secondary N) is 5. The maximum Gasteiger partial charge on any atom is 0.272 e. The van der Waals surface area contributed by atoms with Crippen LogP contribution in [0.3, 0.4) is 0 Å². The fraction of sp³-hybridized carbons (Fsp3) is 0.310. The molecule has 0 spiro atoms. The van der Waals surface area contributed by atoms with Gasteiger partial charge in [0.1, 0.15) is 11.4 Å². The fourth-order valence-corrected chi connectivity index (χ4v) is 6.03.